The smallest absolute Gasteiger partial charge is 0.298 e. The summed E-state index contributed by atoms with van der Waals surface area (Å²) in [5.74, 6) is -4.87. The maximum atomic E-state index is 12.7. The standard InChI is InChI=1S/C6H6BrF5N2/c1-14-2-3(7)4(13-14)5(8,9)6(10,11)12/h3H,2H2,1H3. The molecule has 0 aromatic heterocycles. The van der Waals surface area contributed by atoms with Crippen molar-refractivity contribution in [1.29, 1.82) is 0 Å². The van der Waals surface area contributed by atoms with Crippen molar-refractivity contribution in [3.63, 3.8) is 0 Å². The van der Waals surface area contributed by atoms with Crippen LogP contribution in [0.25, 0.3) is 0 Å². The summed E-state index contributed by atoms with van der Waals surface area (Å²) in [6.45, 7) is 0.000995. The summed E-state index contributed by atoms with van der Waals surface area (Å²) in [5, 5.41) is 4.18. The summed E-state index contributed by atoms with van der Waals surface area (Å²) in [7, 11) is 1.33. The lowest BCUT2D eigenvalue weighted by atomic mass is 10.1. The normalized spacial score (nSPS) is 24.1. The molecule has 1 atom stereocenters. The first-order chi connectivity index (χ1) is 6.16. The SMILES string of the molecule is CN1CC(Br)C(C(F)(F)C(F)(F)F)=N1. The van der Waals surface area contributed by atoms with Gasteiger partial charge in [-0.3, -0.25) is 5.01 Å². The summed E-state index contributed by atoms with van der Waals surface area (Å²) in [6.07, 6.45) is -5.59. The Balaban J connectivity index is 2.99. The molecule has 1 rings (SSSR count). The third-order valence-electron chi connectivity index (χ3n) is 1.68. The Kier molecular flexibility index (Phi) is 2.77. The molecule has 0 aliphatic carbocycles. The molecule has 2 nitrogen and oxygen atoms in total. The van der Waals surface area contributed by atoms with Crippen LogP contribution in [-0.2, 0) is 0 Å². The van der Waals surface area contributed by atoms with E-state index in [1.807, 2.05) is 0 Å². The minimum absolute atomic E-state index is 0.000995. The van der Waals surface area contributed by atoms with E-state index < -0.39 is 22.6 Å². The van der Waals surface area contributed by atoms with Gasteiger partial charge in [0.15, 0.2) is 0 Å². The molecule has 0 aromatic carbocycles. The fourth-order valence-electron chi connectivity index (χ4n) is 1.01. The zero-order chi connectivity index (χ0) is 11.1. The van der Waals surface area contributed by atoms with Crippen LogP contribution in [0.2, 0.25) is 0 Å². The van der Waals surface area contributed by atoms with E-state index in [1.54, 1.807) is 0 Å². The molecule has 14 heavy (non-hydrogen) atoms. The van der Waals surface area contributed by atoms with Gasteiger partial charge in [-0.1, -0.05) is 15.9 Å². The topological polar surface area (TPSA) is 15.6 Å². The molecule has 0 saturated carbocycles. The van der Waals surface area contributed by atoms with E-state index in [9.17, 15) is 22.0 Å². The van der Waals surface area contributed by atoms with E-state index in [1.165, 1.54) is 7.05 Å². The molecule has 1 unspecified atom stereocenters. The van der Waals surface area contributed by atoms with Gasteiger partial charge in [0.25, 0.3) is 0 Å². The van der Waals surface area contributed by atoms with E-state index in [4.69, 9.17) is 0 Å². The van der Waals surface area contributed by atoms with Gasteiger partial charge >= 0.3 is 12.1 Å². The minimum Gasteiger partial charge on any atom is -0.298 e. The van der Waals surface area contributed by atoms with Crippen LogP contribution in [0.3, 0.4) is 0 Å². The van der Waals surface area contributed by atoms with Crippen molar-refractivity contribution in [1.82, 2.24) is 5.01 Å². The fraction of sp³-hybridized carbons (Fsp3) is 0.833. The van der Waals surface area contributed by atoms with Crippen LogP contribution in [0.5, 0.6) is 0 Å². The van der Waals surface area contributed by atoms with Crippen LogP contribution in [-0.4, -0.2) is 41.2 Å². The molecular weight excluding hydrogens is 275 g/mol. The molecule has 1 aliphatic rings. The third-order valence-corrected chi connectivity index (χ3v) is 2.40. The van der Waals surface area contributed by atoms with Crippen LogP contribution in [0.1, 0.15) is 0 Å². The maximum Gasteiger partial charge on any atom is 0.459 e. The minimum atomic E-state index is -5.59. The van der Waals surface area contributed by atoms with Gasteiger partial charge in [-0.05, 0) is 0 Å². The van der Waals surface area contributed by atoms with Crippen LogP contribution in [0.4, 0.5) is 22.0 Å². The molecule has 0 spiro atoms. The number of rotatable bonds is 1. The molecule has 1 aliphatic heterocycles. The molecule has 0 N–H and O–H groups in total. The number of hydrogen-bond acceptors (Lipinski definition) is 2. The molecule has 0 bridgehead atoms. The molecular formula is C6H6BrF5N2. The van der Waals surface area contributed by atoms with Crippen molar-refractivity contribution in [3.8, 4) is 0 Å². The highest BCUT2D eigenvalue weighted by Crippen LogP contribution is 2.40. The fourth-order valence-corrected chi connectivity index (χ4v) is 1.81. The Morgan fingerprint density at radius 1 is 1.36 bits per heavy atom. The molecule has 8 heteroatoms. The number of nitrogens with zero attached hydrogens (tertiary/aromatic N) is 2. The zero-order valence-corrected chi connectivity index (χ0v) is 8.53. The highest BCUT2D eigenvalue weighted by atomic mass is 79.9. The summed E-state index contributed by atoms with van der Waals surface area (Å²) >= 11 is 2.72. The average Bonchev–Trinajstić information content (AvgIpc) is 2.27. The van der Waals surface area contributed by atoms with Crippen LogP contribution in [0, 0.1) is 0 Å². The van der Waals surface area contributed by atoms with Gasteiger partial charge in [-0.15, -0.1) is 0 Å². The number of alkyl halides is 6. The second-order valence-corrected chi connectivity index (χ2v) is 3.97. The first-order valence-electron chi connectivity index (χ1n) is 3.55. The molecule has 0 radical (unpaired) electrons. The van der Waals surface area contributed by atoms with E-state index >= 15 is 0 Å². The molecule has 82 valence electrons. The van der Waals surface area contributed by atoms with Gasteiger partial charge in [0.05, 0.1) is 11.4 Å². The predicted molar refractivity (Wildman–Crippen MR) is 43.8 cm³/mol. The Labute approximate surface area is 84.9 Å². The lowest BCUT2D eigenvalue weighted by Gasteiger charge is -2.20. The highest BCUT2D eigenvalue weighted by molar-refractivity contribution is 9.10. The molecule has 0 fully saturated rings. The molecule has 1 heterocycles. The van der Waals surface area contributed by atoms with Crippen molar-refractivity contribution in [2.75, 3.05) is 13.6 Å². The zero-order valence-electron chi connectivity index (χ0n) is 6.95. The van der Waals surface area contributed by atoms with Gasteiger partial charge in [0.2, 0.25) is 0 Å². The first-order valence-corrected chi connectivity index (χ1v) is 4.46. The lowest BCUT2D eigenvalue weighted by Crippen LogP contribution is -2.46. The number of halogens is 6. The van der Waals surface area contributed by atoms with Gasteiger partial charge in [0.1, 0.15) is 5.71 Å². The van der Waals surface area contributed by atoms with Gasteiger partial charge in [-0.25, -0.2) is 0 Å². The Hall–Kier alpha value is -0.400. The summed E-state index contributed by atoms with van der Waals surface area (Å²) in [5.41, 5.74) is -1.19. The maximum absolute atomic E-state index is 12.7. The monoisotopic (exact) mass is 280 g/mol. The van der Waals surface area contributed by atoms with Crippen LogP contribution < -0.4 is 0 Å². The van der Waals surface area contributed by atoms with E-state index in [-0.39, 0.29) is 6.54 Å². The van der Waals surface area contributed by atoms with Gasteiger partial charge in [0, 0.05) is 7.05 Å². The van der Waals surface area contributed by atoms with Crippen LogP contribution >= 0.6 is 15.9 Å². The Bertz CT molecular complexity index is 261. The van der Waals surface area contributed by atoms with Crippen LogP contribution in [0.15, 0.2) is 5.10 Å². The van der Waals surface area contributed by atoms with Crippen molar-refractivity contribution in [3.05, 3.63) is 0 Å². The highest BCUT2D eigenvalue weighted by Gasteiger charge is 2.63. The average molecular weight is 281 g/mol. The van der Waals surface area contributed by atoms with Crippen molar-refractivity contribution in [2.24, 2.45) is 5.10 Å². The first kappa shape index (κ1) is 11.7. The summed E-state index contributed by atoms with van der Waals surface area (Å²) < 4.78 is 61.2. The van der Waals surface area contributed by atoms with Crippen molar-refractivity contribution >= 4 is 21.6 Å². The van der Waals surface area contributed by atoms with Crippen molar-refractivity contribution in [2.45, 2.75) is 16.9 Å². The summed E-state index contributed by atoms with van der Waals surface area (Å²) in [4.78, 5) is -1.07. The number of hydrazone groups is 1. The van der Waals surface area contributed by atoms with Crippen molar-refractivity contribution < 1.29 is 22.0 Å². The third kappa shape index (κ3) is 1.84. The van der Waals surface area contributed by atoms with E-state index in [0.29, 0.717) is 0 Å². The number of hydrogen-bond donors (Lipinski definition) is 0. The van der Waals surface area contributed by atoms with E-state index in [2.05, 4.69) is 21.0 Å². The lowest BCUT2D eigenvalue weighted by molar-refractivity contribution is -0.249. The summed E-state index contributed by atoms with van der Waals surface area (Å²) in [6, 6.07) is 0. The molecule has 0 saturated heterocycles. The Morgan fingerprint density at radius 3 is 2.14 bits per heavy atom. The largest absolute Gasteiger partial charge is 0.459 e. The quantitative estimate of drug-likeness (QED) is 0.531. The van der Waals surface area contributed by atoms with Gasteiger partial charge < -0.3 is 0 Å². The van der Waals surface area contributed by atoms with Gasteiger partial charge in [-0.2, -0.15) is 27.1 Å². The van der Waals surface area contributed by atoms with E-state index in [0.717, 1.165) is 5.01 Å². The predicted octanol–water partition coefficient (Wildman–Crippen LogP) is 2.25. The second-order valence-electron chi connectivity index (χ2n) is 2.87. The Morgan fingerprint density at radius 2 is 1.86 bits per heavy atom. The second kappa shape index (κ2) is 3.32. The molecule has 0 aromatic rings. The molecule has 0 amide bonds.